The Morgan fingerprint density at radius 3 is 2.72 bits per heavy atom. The van der Waals surface area contributed by atoms with Crippen molar-refractivity contribution >= 4 is 22.5 Å². The Morgan fingerprint density at radius 1 is 1.12 bits per heavy atom. The maximum atomic E-state index is 12.4. The zero-order valence-corrected chi connectivity index (χ0v) is 14.3. The molecule has 0 spiro atoms. The summed E-state index contributed by atoms with van der Waals surface area (Å²) in [4.78, 5) is 12.4. The van der Waals surface area contributed by atoms with Crippen LogP contribution < -0.4 is 5.32 Å². The maximum Gasteiger partial charge on any atom is 0.226 e. The number of fused-ring (bicyclic) bond motifs is 2. The van der Waals surface area contributed by atoms with Crippen molar-refractivity contribution in [2.24, 2.45) is 5.92 Å². The van der Waals surface area contributed by atoms with Gasteiger partial charge in [-0.25, -0.2) is 4.68 Å². The molecular weight excluding hydrogens is 310 g/mol. The number of hydrogen-bond acceptors (Lipinski definition) is 2. The van der Waals surface area contributed by atoms with E-state index in [2.05, 4.69) is 53.7 Å². The summed E-state index contributed by atoms with van der Waals surface area (Å²) in [5.41, 5.74) is 3.64. The van der Waals surface area contributed by atoms with Crippen molar-refractivity contribution in [1.82, 2.24) is 9.78 Å². The van der Waals surface area contributed by atoms with Crippen LogP contribution in [0.1, 0.15) is 41.9 Å². The largest absolute Gasteiger partial charge is 0.311 e. The van der Waals surface area contributed by atoms with Crippen LogP contribution in [0.15, 0.2) is 42.6 Å². The van der Waals surface area contributed by atoms with Gasteiger partial charge >= 0.3 is 0 Å². The minimum atomic E-state index is 0.0715. The second-order valence-corrected chi connectivity index (χ2v) is 7.40. The topological polar surface area (TPSA) is 46.9 Å². The fraction of sp³-hybridized carbons (Fsp3) is 0.333. The number of benzene rings is 2. The van der Waals surface area contributed by atoms with Crippen molar-refractivity contribution < 1.29 is 4.79 Å². The van der Waals surface area contributed by atoms with Crippen LogP contribution in [0, 0.1) is 12.8 Å². The highest BCUT2D eigenvalue weighted by molar-refractivity contribution is 5.96. The van der Waals surface area contributed by atoms with Crippen LogP contribution in [0.25, 0.3) is 10.8 Å². The molecule has 2 heterocycles. The molecule has 25 heavy (non-hydrogen) atoms. The van der Waals surface area contributed by atoms with Crippen molar-refractivity contribution in [3.8, 4) is 0 Å². The smallest absolute Gasteiger partial charge is 0.226 e. The Kier molecular flexibility index (Phi) is 3.20. The Labute approximate surface area is 146 Å². The van der Waals surface area contributed by atoms with Crippen LogP contribution in [0.3, 0.4) is 0 Å². The minimum Gasteiger partial charge on any atom is -0.311 e. The fourth-order valence-electron chi connectivity index (χ4n) is 4.01. The van der Waals surface area contributed by atoms with Gasteiger partial charge in [-0.3, -0.25) is 4.79 Å². The Morgan fingerprint density at radius 2 is 1.92 bits per heavy atom. The normalized spacial score (nSPS) is 19.7. The molecule has 1 unspecified atom stereocenters. The SMILES string of the molecule is Cc1ccc(C2CC(=O)Nc3c2cnn3CC2CC2)c2ccccc12. The standard InChI is InChI=1S/C21H21N3O/c1-13-6-9-17(16-5-3-2-4-15(13)16)18-10-20(25)23-21-19(18)11-22-24(21)12-14-7-8-14/h2-6,9,11,14,18H,7-8,10,12H2,1H3,(H,23,25). The molecule has 0 radical (unpaired) electrons. The molecule has 1 atom stereocenters. The van der Waals surface area contributed by atoms with Crippen molar-refractivity contribution in [2.75, 3.05) is 5.32 Å². The molecule has 1 saturated carbocycles. The number of nitrogens with one attached hydrogen (secondary N) is 1. The number of aryl methyl sites for hydroxylation is 1. The number of anilines is 1. The van der Waals surface area contributed by atoms with Crippen LogP contribution in [-0.2, 0) is 11.3 Å². The van der Waals surface area contributed by atoms with Gasteiger partial charge in [-0.2, -0.15) is 5.10 Å². The predicted octanol–water partition coefficient (Wildman–Crippen LogP) is 4.23. The van der Waals surface area contributed by atoms with Gasteiger partial charge in [0.25, 0.3) is 0 Å². The van der Waals surface area contributed by atoms with E-state index in [1.54, 1.807) is 0 Å². The fourth-order valence-corrected chi connectivity index (χ4v) is 4.01. The first-order valence-electron chi connectivity index (χ1n) is 9.04. The summed E-state index contributed by atoms with van der Waals surface area (Å²) in [7, 11) is 0. The van der Waals surface area contributed by atoms with Gasteiger partial charge in [0.1, 0.15) is 5.82 Å². The molecule has 1 amide bonds. The van der Waals surface area contributed by atoms with E-state index in [0.717, 1.165) is 23.8 Å². The molecule has 126 valence electrons. The lowest BCUT2D eigenvalue weighted by atomic mass is 9.84. The Balaban J connectivity index is 1.65. The molecule has 1 aliphatic carbocycles. The molecule has 0 saturated heterocycles. The van der Waals surface area contributed by atoms with Gasteiger partial charge in [-0.05, 0) is 47.6 Å². The monoisotopic (exact) mass is 331 g/mol. The molecule has 4 nitrogen and oxygen atoms in total. The molecule has 1 aromatic heterocycles. The predicted molar refractivity (Wildman–Crippen MR) is 98.7 cm³/mol. The average molecular weight is 331 g/mol. The minimum absolute atomic E-state index is 0.0715. The van der Waals surface area contributed by atoms with E-state index in [9.17, 15) is 4.79 Å². The van der Waals surface area contributed by atoms with Crippen molar-refractivity contribution in [1.29, 1.82) is 0 Å². The van der Waals surface area contributed by atoms with Gasteiger partial charge in [0, 0.05) is 24.4 Å². The van der Waals surface area contributed by atoms with E-state index in [1.807, 2.05) is 10.9 Å². The number of carbonyl (C=O) groups is 1. The van der Waals surface area contributed by atoms with Crippen LogP contribution in [0.5, 0.6) is 0 Å². The Hall–Kier alpha value is -2.62. The third-order valence-corrected chi connectivity index (χ3v) is 5.57. The zero-order valence-electron chi connectivity index (χ0n) is 14.3. The third-order valence-electron chi connectivity index (χ3n) is 5.57. The summed E-state index contributed by atoms with van der Waals surface area (Å²) in [5, 5.41) is 10.2. The number of carbonyl (C=O) groups excluding carboxylic acids is 1. The lowest BCUT2D eigenvalue weighted by Gasteiger charge is -2.25. The van der Waals surface area contributed by atoms with E-state index >= 15 is 0 Å². The quantitative estimate of drug-likeness (QED) is 0.781. The van der Waals surface area contributed by atoms with E-state index in [1.165, 1.54) is 34.7 Å². The van der Waals surface area contributed by atoms with Gasteiger partial charge in [-0.1, -0.05) is 36.4 Å². The van der Waals surface area contributed by atoms with E-state index < -0.39 is 0 Å². The molecule has 4 heteroatoms. The summed E-state index contributed by atoms with van der Waals surface area (Å²) in [6.45, 7) is 3.05. The van der Waals surface area contributed by atoms with E-state index in [4.69, 9.17) is 0 Å². The number of amides is 1. The molecule has 3 aromatic rings. The lowest BCUT2D eigenvalue weighted by molar-refractivity contribution is -0.116. The number of aromatic nitrogens is 2. The summed E-state index contributed by atoms with van der Waals surface area (Å²) < 4.78 is 1.99. The molecular formula is C21H21N3O. The third kappa shape index (κ3) is 2.44. The lowest BCUT2D eigenvalue weighted by Crippen LogP contribution is -2.25. The van der Waals surface area contributed by atoms with E-state index in [0.29, 0.717) is 6.42 Å². The first kappa shape index (κ1) is 14.7. The van der Waals surface area contributed by atoms with Crippen LogP contribution in [0.4, 0.5) is 5.82 Å². The molecule has 0 bridgehead atoms. The summed E-state index contributed by atoms with van der Waals surface area (Å²) >= 11 is 0. The average Bonchev–Trinajstić information content (AvgIpc) is 3.35. The van der Waals surface area contributed by atoms with Gasteiger partial charge in [0.2, 0.25) is 5.91 Å². The van der Waals surface area contributed by atoms with Crippen LogP contribution in [0.2, 0.25) is 0 Å². The highest BCUT2D eigenvalue weighted by atomic mass is 16.1. The van der Waals surface area contributed by atoms with Gasteiger partial charge in [-0.15, -0.1) is 0 Å². The van der Waals surface area contributed by atoms with Gasteiger partial charge in [0.15, 0.2) is 0 Å². The summed E-state index contributed by atoms with van der Waals surface area (Å²) in [6.07, 6.45) is 4.98. The highest BCUT2D eigenvalue weighted by Crippen LogP contribution is 2.41. The number of hydrogen-bond donors (Lipinski definition) is 1. The van der Waals surface area contributed by atoms with Crippen LogP contribution in [-0.4, -0.2) is 15.7 Å². The molecule has 2 aromatic carbocycles. The first-order chi connectivity index (χ1) is 12.2. The summed E-state index contributed by atoms with van der Waals surface area (Å²) in [6, 6.07) is 12.8. The van der Waals surface area contributed by atoms with Gasteiger partial charge < -0.3 is 5.32 Å². The Bertz CT molecular complexity index is 984. The van der Waals surface area contributed by atoms with Crippen LogP contribution >= 0.6 is 0 Å². The van der Waals surface area contributed by atoms with Crippen molar-refractivity contribution in [3.05, 3.63) is 59.3 Å². The van der Waals surface area contributed by atoms with E-state index in [-0.39, 0.29) is 11.8 Å². The number of rotatable bonds is 3. The molecule has 1 N–H and O–H groups in total. The highest BCUT2D eigenvalue weighted by Gasteiger charge is 2.32. The second kappa shape index (κ2) is 5.45. The van der Waals surface area contributed by atoms with Crippen molar-refractivity contribution in [3.63, 3.8) is 0 Å². The molecule has 2 aliphatic rings. The maximum absolute atomic E-state index is 12.4. The van der Waals surface area contributed by atoms with Crippen molar-refractivity contribution in [2.45, 2.75) is 38.6 Å². The molecule has 1 aliphatic heterocycles. The summed E-state index contributed by atoms with van der Waals surface area (Å²) in [5.74, 6) is 1.78. The van der Waals surface area contributed by atoms with Gasteiger partial charge in [0.05, 0.1) is 6.20 Å². The second-order valence-electron chi connectivity index (χ2n) is 7.40. The molecule has 1 fully saturated rings. The first-order valence-corrected chi connectivity index (χ1v) is 9.04. The molecule has 5 rings (SSSR count). The zero-order chi connectivity index (χ0) is 17.0. The number of nitrogens with zero attached hydrogens (tertiary/aromatic N) is 2.